The molecule has 0 amide bonds. The van der Waals surface area contributed by atoms with Gasteiger partial charge in [0.2, 0.25) is 0 Å². The van der Waals surface area contributed by atoms with Gasteiger partial charge in [-0.3, -0.25) is 4.79 Å². The predicted octanol–water partition coefficient (Wildman–Crippen LogP) is 4.64. The summed E-state index contributed by atoms with van der Waals surface area (Å²) in [6.07, 6.45) is 9.84. The summed E-state index contributed by atoms with van der Waals surface area (Å²) < 4.78 is 0. The van der Waals surface area contributed by atoms with Gasteiger partial charge in [0.25, 0.3) is 0 Å². The molecule has 2 saturated carbocycles. The minimum Gasteiger partial charge on any atom is -0.674 e. The Morgan fingerprint density at radius 2 is 1.09 bits per heavy atom. The van der Waals surface area contributed by atoms with Gasteiger partial charge in [-0.05, 0) is 43.7 Å². The van der Waals surface area contributed by atoms with Crippen molar-refractivity contribution in [2.45, 2.75) is 128 Å². The molecule has 0 spiro atoms. The first-order valence-corrected chi connectivity index (χ1v) is 14.5. The maximum Gasteiger partial charge on any atom is 0.320 e. The van der Waals surface area contributed by atoms with Crippen molar-refractivity contribution in [1.82, 2.24) is 16.0 Å². The number of carbonyl (C=O) groups is 1. The van der Waals surface area contributed by atoms with Crippen molar-refractivity contribution in [2.75, 3.05) is 19.6 Å². The molecule has 0 bridgehead atoms. The van der Waals surface area contributed by atoms with Crippen LogP contribution < -0.4 is 27.4 Å². The molecule has 0 saturated heterocycles. The zero-order valence-corrected chi connectivity index (χ0v) is 35.2. The van der Waals surface area contributed by atoms with Crippen LogP contribution in [0.4, 0.5) is 0 Å². The molecule has 0 aromatic carbocycles. The van der Waals surface area contributed by atoms with Crippen LogP contribution in [0.3, 0.4) is 0 Å². The van der Waals surface area contributed by atoms with E-state index in [9.17, 15) is 4.79 Å². The molecule has 7 atom stereocenters. The third kappa shape index (κ3) is 32.3. The number of rotatable bonds is 12. The molecule has 281 valence electrons. The van der Waals surface area contributed by atoms with Crippen LogP contribution in [0.5, 0.6) is 0 Å². The standard InChI is InChI=1S/C17H35N5.C6H13NO.C5H11NO2.Mn.6H2S/c1-13(18)12-22-17-9-5-4-8-16(17)21-11-10-20-15-7-3-2-6-14(15)19;1-4(2)6(7)5(3)8;1-3(2)4(6)5(7)8;;;;;;;/h13-22H,2-12H2,1H3;4,6,8H,3,7H2,1-2H3;3-4H,6H2,1-2H3,(H,7,8);;6*1H2/q-2;;;;;;;;;/t13?,14-,15-,16-,17-;6-;4-;;;;;;;/m000......./s1. The first kappa shape index (κ1) is 64.8. The number of nitrogens with one attached hydrogen (secondary N) is 5. The van der Waals surface area contributed by atoms with Gasteiger partial charge in [-0.15, -0.1) is 12.1 Å². The summed E-state index contributed by atoms with van der Waals surface area (Å²) in [6.45, 7) is 15.4. The fourth-order valence-electron chi connectivity index (χ4n) is 4.51. The largest absolute Gasteiger partial charge is 0.674 e. The van der Waals surface area contributed by atoms with Crippen molar-refractivity contribution in [3.8, 4) is 0 Å². The number of carboxylic acids is 1. The number of nitrogens with two attached hydrogens (primary N) is 2. The summed E-state index contributed by atoms with van der Waals surface area (Å²) in [4.78, 5) is 10.0. The summed E-state index contributed by atoms with van der Waals surface area (Å²) in [5, 5.41) is 27.7. The predicted molar refractivity (Wildman–Crippen MR) is 222 cm³/mol. The second kappa shape index (κ2) is 38.2. The number of hydrogen-bond acceptors (Lipinski definition) is 7. The van der Waals surface area contributed by atoms with Crippen molar-refractivity contribution in [3.05, 3.63) is 23.8 Å². The maximum atomic E-state index is 10.0. The quantitative estimate of drug-likeness (QED) is 0.0843. The zero-order valence-electron chi connectivity index (χ0n) is 28.0. The summed E-state index contributed by atoms with van der Waals surface area (Å²) in [6, 6.07) is 0.568. The minimum absolute atomic E-state index is 0. The van der Waals surface area contributed by atoms with E-state index in [1.165, 1.54) is 44.9 Å². The van der Waals surface area contributed by atoms with E-state index in [2.05, 4.69) is 22.5 Å². The van der Waals surface area contributed by atoms with Gasteiger partial charge in [0.1, 0.15) is 11.8 Å². The van der Waals surface area contributed by atoms with Crippen LogP contribution in [0.2, 0.25) is 0 Å². The second-order valence-electron chi connectivity index (χ2n) is 11.6. The Hall–Kier alpha value is 1.35. The van der Waals surface area contributed by atoms with Crippen molar-refractivity contribution in [3.63, 3.8) is 0 Å². The first-order chi connectivity index (χ1) is 17.8. The molecule has 17 heteroatoms. The van der Waals surface area contributed by atoms with Gasteiger partial charge < -0.3 is 49.1 Å². The molecule has 45 heavy (non-hydrogen) atoms. The smallest absolute Gasteiger partial charge is 0.320 e. The Bertz CT molecular complexity index is 642. The van der Waals surface area contributed by atoms with Crippen LogP contribution in [0.1, 0.15) is 86.0 Å². The van der Waals surface area contributed by atoms with Gasteiger partial charge in [0.05, 0.1) is 6.04 Å². The maximum absolute atomic E-state index is 10.0. The molecule has 2 fully saturated rings. The molecule has 2 aliphatic carbocycles. The normalized spacial score (nSPS) is 21.8. The molecule has 0 aliphatic heterocycles. The van der Waals surface area contributed by atoms with E-state index in [0.717, 1.165) is 26.1 Å². The van der Waals surface area contributed by atoms with Crippen LogP contribution in [0.15, 0.2) is 12.3 Å². The molecule has 10 nitrogen and oxygen atoms in total. The fraction of sp³-hybridized carbons (Fsp3) is 0.893. The van der Waals surface area contributed by atoms with Crippen LogP contribution in [0.25, 0.3) is 11.5 Å². The molecule has 0 aromatic heterocycles. The third-order valence-corrected chi connectivity index (χ3v) is 7.26. The third-order valence-electron chi connectivity index (χ3n) is 7.26. The number of hydrogen-bond donors (Lipinski definition) is 7. The second-order valence-corrected chi connectivity index (χ2v) is 11.6. The molecule has 0 aromatic rings. The van der Waals surface area contributed by atoms with E-state index in [1.54, 1.807) is 13.8 Å². The van der Waals surface area contributed by atoms with Crippen LogP contribution in [-0.2, 0) is 21.9 Å². The number of aliphatic hydroxyl groups is 1. The van der Waals surface area contributed by atoms with Crippen LogP contribution in [-0.4, -0.2) is 78.1 Å². The van der Waals surface area contributed by atoms with Crippen molar-refractivity contribution < 1.29 is 32.1 Å². The van der Waals surface area contributed by atoms with E-state index >= 15 is 0 Å². The van der Waals surface area contributed by atoms with Gasteiger partial charge in [0.15, 0.2) is 0 Å². The molecule has 11 N–H and O–H groups in total. The van der Waals surface area contributed by atoms with E-state index in [-0.39, 0.29) is 134 Å². The average molecular weight is 801 g/mol. The number of carboxylic acid groups (broad SMARTS) is 1. The number of aliphatic carboxylic acids is 1. The van der Waals surface area contributed by atoms with Crippen molar-refractivity contribution >= 4 is 86.9 Å². The van der Waals surface area contributed by atoms with Crippen LogP contribution >= 0.6 is 81.0 Å². The Kier molecular flexibility index (Phi) is 55.0. The zero-order chi connectivity index (χ0) is 29.3. The van der Waals surface area contributed by atoms with E-state index in [4.69, 9.17) is 33.1 Å². The van der Waals surface area contributed by atoms with Gasteiger partial charge in [-0.1, -0.05) is 73.3 Å². The number of aliphatic hydroxyl groups excluding tert-OH is 1. The monoisotopic (exact) mass is 800 g/mol. The van der Waals surface area contributed by atoms with E-state index < -0.39 is 12.0 Å². The summed E-state index contributed by atoms with van der Waals surface area (Å²) in [7, 11) is 0. The Morgan fingerprint density at radius 1 is 0.733 bits per heavy atom. The van der Waals surface area contributed by atoms with Gasteiger partial charge in [-0.25, -0.2) is 0 Å². The van der Waals surface area contributed by atoms with E-state index in [1.807, 2.05) is 20.8 Å². The minimum atomic E-state index is -0.931. The first-order valence-electron chi connectivity index (χ1n) is 14.5. The Labute approximate surface area is 327 Å². The van der Waals surface area contributed by atoms with Gasteiger partial charge in [0, 0.05) is 42.2 Å². The van der Waals surface area contributed by atoms with Crippen molar-refractivity contribution in [1.29, 1.82) is 0 Å². The molecule has 2 rings (SSSR count). The van der Waals surface area contributed by atoms with Crippen molar-refractivity contribution in [2.24, 2.45) is 23.3 Å². The topological polar surface area (TPSA) is 193 Å². The van der Waals surface area contributed by atoms with Gasteiger partial charge >= 0.3 is 5.97 Å². The summed E-state index contributed by atoms with van der Waals surface area (Å²) >= 11 is 0. The fourth-order valence-corrected chi connectivity index (χ4v) is 4.51. The van der Waals surface area contributed by atoms with Crippen LogP contribution in [0, 0.1) is 11.8 Å². The summed E-state index contributed by atoms with van der Waals surface area (Å²) in [5.41, 5.74) is 26.3. The average Bonchev–Trinajstić information content (AvgIpc) is 2.86. The summed E-state index contributed by atoms with van der Waals surface area (Å²) in [5.74, 6) is -0.569. The Morgan fingerprint density at radius 3 is 1.38 bits per heavy atom. The molecular weight excluding hydrogens is 730 g/mol. The molecular formula is C28H71MnN7O3S6-2. The molecule has 1 radical (unpaired) electrons. The molecule has 1 unspecified atom stereocenters. The molecule has 0 heterocycles. The Balaban J connectivity index is -0.0000000850. The SMILES string of the molecule is C=C(O)[C@@H](N)C(C)C.CC(C)[C@H](N)C(=O)O.CC([NH-])CN[C@H]1CCCC[C@@H]1NCCN[C@H]1CCCC[C@@H]1[NH-].S.S.S.S.S.S.[Mn]. The van der Waals surface area contributed by atoms with E-state index in [0.29, 0.717) is 18.1 Å². The van der Waals surface area contributed by atoms with Gasteiger partial charge in [-0.2, -0.15) is 81.0 Å². The molecule has 2 aliphatic rings.